The van der Waals surface area contributed by atoms with Gasteiger partial charge in [0.1, 0.15) is 61.0 Å². The molecular formula is C18H36N4O11. The maximum absolute atomic E-state index is 10.9. The van der Waals surface area contributed by atoms with Gasteiger partial charge in [-0.2, -0.15) is 0 Å². The van der Waals surface area contributed by atoms with E-state index < -0.39 is 98.4 Å². The summed E-state index contributed by atoms with van der Waals surface area (Å²) >= 11 is 0. The molecule has 3 fully saturated rings. The van der Waals surface area contributed by atoms with Crippen LogP contribution in [-0.4, -0.2) is 141 Å². The summed E-state index contributed by atoms with van der Waals surface area (Å²) in [5, 5.41) is 70.9. The van der Waals surface area contributed by atoms with Gasteiger partial charge in [-0.3, -0.25) is 0 Å². The topological polar surface area (TPSA) is 283 Å². The van der Waals surface area contributed by atoms with Crippen LogP contribution in [0.1, 0.15) is 6.42 Å². The van der Waals surface area contributed by atoms with Crippen molar-refractivity contribution in [2.45, 2.75) is 98.2 Å². The van der Waals surface area contributed by atoms with Gasteiger partial charge in [0.25, 0.3) is 0 Å². The average Bonchev–Trinajstić information content (AvgIpc) is 2.79. The smallest absolute Gasteiger partial charge is 0.187 e. The van der Waals surface area contributed by atoms with Gasteiger partial charge in [-0.25, -0.2) is 0 Å². The molecule has 15 N–H and O–H groups in total. The molecule has 33 heavy (non-hydrogen) atoms. The minimum Gasteiger partial charge on any atom is -0.394 e. The van der Waals surface area contributed by atoms with Crippen molar-refractivity contribution in [3.8, 4) is 0 Å². The van der Waals surface area contributed by atoms with Crippen molar-refractivity contribution >= 4 is 0 Å². The summed E-state index contributed by atoms with van der Waals surface area (Å²) in [6.07, 6.45) is -16.5. The van der Waals surface area contributed by atoms with Crippen LogP contribution >= 0.6 is 0 Å². The van der Waals surface area contributed by atoms with Crippen molar-refractivity contribution in [3.05, 3.63) is 0 Å². The second kappa shape index (κ2) is 11.0. The zero-order valence-electron chi connectivity index (χ0n) is 17.9. The Hall–Kier alpha value is -0.600. The van der Waals surface area contributed by atoms with Gasteiger partial charge in [-0.1, -0.05) is 0 Å². The zero-order valence-corrected chi connectivity index (χ0v) is 17.9. The second-order valence-corrected chi connectivity index (χ2v) is 8.79. The first-order valence-corrected chi connectivity index (χ1v) is 10.8. The molecule has 15 nitrogen and oxygen atoms in total. The van der Waals surface area contributed by atoms with Crippen LogP contribution in [0.3, 0.4) is 0 Å². The van der Waals surface area contributed by atoms with Gasteiger partial charge in [0, 0.05) is 18.6 Å². The predicted molar refractivity (Wildman–Crippen MR) is 108 cm³/mol. The van der Waals surface area contributed by atoms with E-state index in [0.29, 0.717) is 0 Å². The third kappa shape index (κ3) is 5.32. The lowest BCUT2D eigenvalue weighted by atomic mass is 9.84. The summed E-state index contributed by atoms with van der Waals surface area (Å²) in [5.41, 5.74) is 23.5. The fourth-order valence-corrected chi connectivity index (χ4v) is 4.40. The Bertz CT molecular complexity index is 584. The van der Waals surface area contributed by atoms with E-state index in [-0.39, 0.29) is 13.0 Å². The molecule has 2 saturated heterocycles. The summed E-state index contributed by atoms with van der Waals surface area (Å²) in [5.74, 6) is 0. The molecule has 0 aromatic heterocycles. The van der Waals surface area contributed by atoms with Gasteiger partial charge < -0.3 is 77.6 Å². The summed E-state index contributed by atoms with van der Waals surface area (Å²) < 4.78 is 22.2. The molecule has 2 aliphatic heterocycles. The Balaban J connectivity index is 1.72. The van der Waals surface area contributed by atoms with E-state index in [9.17, 15) is 35.7 Å². The molecule has 0 amide bonds. The Morgan fingerprint density at radius 2 is 1.18 bits per heavy atom. The third-order valence-electron chi connectivity index (χ3n) is 6.48. The van der Waals surface area contributed by atoms with Crippen molar-refractivity contribution in [2.75, 3.05) is 13.2 Å². The van der Waals surface area contributed by atoms with Crippen LogP contribution in [0.15, 0.2) is 0 Å². The molecule has 1 saturated carbocycles. The standard InChI is InChI=1S/C18H36N4O11/c19-2-6-10(25)12(27)13(28)18(30-6)33-16-5(21)1-4(20)15(14(16)29)32-17-11(26)8(22)9(24)7(3-23)31-17/h4-18,23-29H,1-3,19-22H2/t4-,5?,6?,7?,8?,9+,10?,11?,12+,13?,14-,15?,16-,17+,18-/m1/s1. The summed E-state index contributed by atoms with van der Waals surface area (Å²) in [7, 11) is 0. The molecule has 3 aliphatic rings. The lowest BCUT2D eigenvalue weighted by molar-refractivity contribution is -0.332. The molecule has 2 heterocycles. The number of nitrogens with two attached hydrogens (primary N) is 4. The van der Waals surface area contributed by atoms with E-state index in [1.165, 1.54) is 0 Å². The van der Waals surface area contributed by atoms with Crippen LogP contribution in [0.25, 0.3) is 0 Å². The lowest BCUT2D eigenvalue weighted by Crippen LogP contribution is -2.68. The molecule has 0 aromatic rings. The van der Waals surface area contributed by atoms with Crippen LogP contribution in [-0.2, 0) is 18.9 Å². The summed E-state index contributed by atoms with van der Waals surface area (Å²) in [6, 6.07) is -2.86. The maximum Gasteiger partial charge on any atom is 0.187 e. The van der Waals surface area contributed by atoms with Gasteiger partial charge in [-0.05, 0) is 6.42 Å². The predicted octanol–water partition coefficient (Wildman–Crippen LogP) is -7.29. The molecule has 0 bridgehead atoms. The van der Waals surface area contributed by atoms with Gasteiger partial charge in [0.05, 0.1) is 12.6 Å². The van der Waals surface area contributed by atoms with Crippen molar-refractivity contribution in [1.82, 2.24) is 0 Å². The van der Waals surface area contributed by atoms with Crippen LogP contribution < -0.4 is 22.9 Å². The third-order valence-corrected chi connectivity index (χ3v) is 6.48. The molecule has 15 atom stereocenters. The quantitative estimate of drug-likeness (QED) is 0.167. The van der Waals surface area contributed by atoms with E-state index in [1.807, 2.05) is 0 Å². The highest BCUT2D eigenvalue weighted by Gasteiger charge is 2.51. The Morgan fingerprint density at radius 3 is 1.70 bits per heavy atom. The van der Waals surface area contributed by atoms with Crippen molar-refractivity contribution in [1.29, 1.82) is 0 Å². The van der Waals surface area contributed by atoms with Crippen molar-refractivity contribution in [2.24, 2.45) is 22.9 Å². The molecule has 8 unspecified atom stereocenters. The Kier molecular flexibility index (Phi) is 8.99. The first-order valence-electron chi connectivity index (χ1n) is 10.8. The molecule has 194 valence electrons. The number of ether oxygens (including phenoxy) is 4. The van der Waals surface area contributed by atoms with Crippen molar-refractivity contribution < 1.29 is 54.7 Å². The monoisotopic (exact) mass is 484 g/mol. The highest BCUT2D eigenvalue weighted by Crippen LogP contribution is 2.31. The SMILES string of the molecule is NCC1O[C@H](O[C@@H]2C(N)C[C@@H](N)C(O[C@@H]3OC(CO)[C@H](O)C(N)C3O)[C@H]2O)C(O)[C@@H](O)C1O. The van der Waals surface area contributed by atoms with E-state index in [4.69, 9.17) is 41.9 Å². The van der Waals surface area contributed by atoms with Crippen molar-refractivity contribution in [3.63, 3.8) is 0 Å². The van der Waals surface area contributed by atoms with E-state index in [2.05, 4.69) is 0 Å². The Morgan fingerprint density at radius 1 is 0.667 bits per heavy atom. The summed E-state index contributed by atoms with van der Waals surface area (Å²) in [4.78, 5) is 0. The highest BCUT2D eigenvalue weighted by atomic mass is 16.7. The van der Waals surface area contributed by atoms with Crippen LogP contribution in [0.2, 0.25) is 0 Å². The number of rotatable bonds is 6. The van der Waals surface area contributed by atoms with E-state index >= 15 is 0 Å². The molecule has 3 rings (SSSR count). The zero-order chi connectivity index (χ0) is 24.6. The average molecular weight is 485 g/mol. The number of hydrogen-bond donors (Lipinski definition) is 11. The number of hydrogen-bond acceptors (Lipinski definition) is 15. The van der Waals surface area contributed by atoms with E-state index in [0.717, 1.165) is 0 Å². The second-order valence-electron chi connectivity index (χ2n) is 8.79. The fraction of sp³-hybridized carbons (Fsp3) is 1.00. The van der Waals surface area contributed by atoms with Gasteiger partial charge in [0.2, 0.25) is 0 Å². The molecular weight excluding hydrogens is 448 g/mol. The van der Waals surface area contributed by atoms with Crippen LogP contribution in [0, 0.1) is 0 Å². The van der Waals surface area contributed by atoms with Crippen LogP contribution in [0.4, 0.5) is 0 Å². The van der Waals surface area contributed by atoms with Gasteiger partial charge in [-0.15, -0.1) is 0 Å². The molecule has 15 heteroatoms. The maximum atomic E-state index is 10.9. The number of aliphatic hydroxyl groups excluding tert-OH is 7. The largest absolute Gasteiger partial charge is 0.394 e. The molecule has 1 aliphatic carbocycles. The first-order chi connectivity index (χ1) is 15.5. The van der Waals surface area contributed by atoms with Crippen LogP contribution in [0.5, 0.6) is 0 Å². The molecule has 0 spiro atoms. The lowest BCUT2D eigenvalue weighted by Gasteiger charge is -2.48. The fourth-order valence-electron chi connectivity index (χ4n) is 4.40. The normalized spacial score (nSPS) is 53.7. The number of aliphatic hydroxyl groups is 7. The molecule has 0 radical (unpaired) electrons. The minimum atomic E-state index is -1.66. The first kappa shape index (κ1) is 27.0. The van der Waals surface area contributed by atoms with E-state index in [1.54, 1.807) is 0 Å². The molecule has 0 aromatic carbocycles. The minimum absolute atomic E-state index is 0.0849. The van der Waals surface area contributed by atoms with Gasteiger partial charge in [0.15, 0.2) is 12.6 Å². The summed E-state index contributed by atoms with van der Waals surface area (Å²) in [6.45, 7) is -0.763. The van der Waals surface area contributed by atoms with Gasteiger partial charge >= 0.3 is 0 Å². The highest BCUT2D eigenvalue weighted by molar-refractivity contribution is 5.01. The Labute approximate surface area is 189 Å².